The van der Waals surface area contributed by atoms with E-state index < -0.39 is 0 Å². The van der Waals surface area contributed by atoms with Gasteiger partial charge < -0.3 is 20.1 Å². The van der Waals surface area contributed by atoms with Crippen molar-refractivity contribution in [1.29, 1.82) is 0 Å². The van der Waals surface area contributed by atoms with Crippen molar-refractivity contribution in [3.05, 3.63) is 22.2 Å². The van der Waals surface area contributed by atoms with Crippen LogP contribution in [0.2, 0.25) is 0 Å². The summed E-state index contributed by atoms with van der Waals surface area (Å²) in [6, 6.07) is 4.93. The molecule has 1 unspecified atom stereocenters. The van der Waals surface area contributed by atoms with E-state index >= 15 is 0 Å². The van der Waals surface area contributed by atoms with Gasteiger partial charge in [-0.2, -0.15) is 0 Å². The lowest BCUT2D eigenvalue weighted by Gasteiger charge is -2.28. The highest BCUT2D eigenvalue weighted by atomic mass is 79.9. The third kappa shape index (κ3) is 1.93. The molecule has 1 atom stereocenters. The zero-order valence-corrected chi connectivity index (χ0v) is 12.6. The molecule has 5 nitrogen and oxygen atoms in total. The van der Waals surface area contributed by atoms with Crippen LogP contribution in [0, 0.1) is 0 Å². The van der Waals surface area contributed by atoms with Crippen molar-refractivity contribution in [3.63, 3.8) is 0 Å². The topological polar surface area (TPSA) is 60.1 Å². The lowest BCUT2D eigenvalue weighted by molar-refractivity contribution is 0.170. The summed E-state index contributed by atoms with van der Waals surface area (Å²) in [5, 5.41) is 0. The van der Waals surface area contributed by atoms with Gasteiger partial charge in [0.05, 0.1) is 17.1 Å². The van der Waals surface area contributed by atoms with Gasteiger partial charge in [0.1, 0.15) is 13.2 Å². The molecular formula is C14H16BrN3O2. The summed E-state index contributed by atoms with van der Waals surface area (Å²) in [6.45, 7) is 1.91. The predicted octanol–water partition coefficient (Wildman–Crippen LogP) is 2.05. The second kappa shape index (κ2) is 4.55. The van der Waals surface area contributed by atoms with Gasteiger partial charge in [-0.25, -0.2) is 0 Å². The van der Waals surface area contributed by atoms with E-state index in [0.29, 0.717) is 31.8 Å². The van der Waals surface area contributed by atoms with E-state index in [2.05, 4.69) is 38.0 Å². The Morgan fingerprint density at radius 3 is 2.85 bits per heavy atom. The summed E-state index contributed by atoms with van der Waals surface area (Å²) in [4.78, 5) is 6.66. The number of halogens is 1. The number of guanidine groups is 1. The van der Waals surface area contributed by atoms with Crippen molar-refractivity contribution in [2.24, 2.45) is 10.7 Å². The highest BCUT2D eigenvalue weighted by Gasteiger charge is 2.39. The van der Waals surface area contributed by atoms with Crippen molar-refractivity contribution in [2.75, 3.05) is 19.8 Å². The van der Waals surface area contributed by atoms with Crippen LogP contribution >= 0.6 is 15.9 Å². The smallest absolute Gasteiger partial charge is 0.192 e. The minimum absolute atomic E-state index is 0.217. The normalized spacial score (nSPS) is 24.8. The van der Waals surface area contributed by atoms with Crippen LogP contribution in [0.1, 0.15) is 24.4 Å². The van der Waals surface area contributed by atoms with E-state index in [1.807, 2.05) is 0 Å². The molecule has 0 aromatic heterocycles. The van der Waals surface area contributed by atoms with Crippen LogP contribution in [0.15, 0.2) is 21.6 Å². The molecule has 0 amide bonds. The summed E-state index contributed by atoms with van der Waals surface area (Å²) in [5.74, 6) is 2.27. The van der Waals surface area contributed by atoms with Crippen molar-refractivity contribution in [3.8, 4) is 11.5 Å². The minimum Gasteiger partial charge on any atom is -0.486 e. The van der Waals surface area contributed by atoms with Gasteiger partial charge in [-0.3, -0.25) is 4.99 Å². The van der Waals surface area contributed by atoms with E-state index in [1.54, 1.807) is 0 Å². The second-order valence-electron chi connectivity index (χ2n) is 5.38. The average Bonchev–Trinajstić information content (AvgIpc) is 3.21. The van der Waals surface area contributed by atoms with Gasteiger partial charge in [-0.05, 0) is 46.5 Å². The predicted molar refractivity (Wildman–Crippen MR) is 79.2 cm³/mol. The van der Waals surface area contributed by atoms with E-state index in [0.717, 1.165) is 16.0 Å². The fourth-order valence-electron chi connectivity index (χ4n) is 2.89. The van der Waals surface area contributed by atoms with Crippen LogP contribution in [0.4, 0.5) is 0 Å². The maximum atomic E-state index is 6.03. The maximum absolute atomic E-state index is 6.03. The van der Waals surface area contributed by atoms with E-state index in [1.165, 1.54) is 18.4 Å². The number of fused-ring (bicyclic) bond motifs is 1. The van der Waals surface area contributed by atoms with Crippen LogP contribution in [-0.4, -0.2) is 36.7 Å². The first-order chi connectivity index (χ1) is 9.74. The highest BCUT2D eigenvalue weighted by molar-refractivity contribution is 9.10. The number of nitrogens with two attached hydrogens (primary N) is 1. The first-order valence-corrected chi connectivity index (χ1v) is 7.70. The van der Waals surface area contributed by atoms with Crippen molar-refractivity contribution in [2.45, 2.75) is 24.9 Å². The molecule has 6 heteroatoms. The van der Waals surface area contributed by atoms with Gasteiger partial charge in [0.15, 0.2) is 17.5 Å². The zero-order chi connectivity index (χ0) is 13.7. The Morgan fingerprint density at radius 1 is 1.25 bits per heavy atom. The Bertz CT molecular complexity index is 586. The van der Waals surface area contributed by atoms with Crippen LogP contribution in [0.3, 0.4) is 0 Å². The first-order valence-electron chi connectivity index (χ1n) is 6.91. The summed E-state index contributed by atoms with van der Waals surface area (Å²) < 4.78 is 12.3. The molecule has 3 aliphatic rings. The average molecular weight is 338 g/mol. The van der Waals surface area contributed by atoms with Crippen LogP contribution in [0.5, 0.6) is 11.5 Å². The summed E-state index contributed by atoms with van der Waals surface area (Å²) in [6.07, 6.45) is 2.41. The molecular weight excluding hydrogens is 322 g/mol. The van der Waals surface area contributed by atoms with Crippen molar-refractivity contribution < 1.29 is 9.47 Å². The highest BCUT2D eigenvalue weighted by Crippen LogP contribution is 2.43. The number of ether oxygens (including phenoxy) is 2. The molecule has 4 rings (SSSR count). The summed E-state index contributed by atoms with van der Waals surface area (Å²) in [5.41, 5.74) is 7.21. The lowest BCUT2D eigenvalue weighted by Crippen LogP contribution is -2.37. The molecule has 1 aliphatic carbocycles. The number of nitrogens with zero attached hydrogens (tertiary/aromatic N) is 2. The Morgan fingerprint density at radius 2 is 2.05 bits per heavy atom. The van der Waals surface area contributed by atoms with Gasteiger partial charge >= 0.3 is 0 Å². The third-order valence-electron chi connectivity index (χ3n) is 3.97. The Hall–Kier alpha value is -1.43. The number of aliphatic imine (C=N–C) groups is 1. The van der Waals surface area contributed by atoms with Gasteiger partial charge in [0.25, 0.3) is 0 Å². The molecule has 2 heterocycles. The fourth-order valence-corrected chi connectivity index (χ4v) is 3.47. The standard InChI is InChI=1S/C14H16BrN3O2/c15-10-5-8(6-12-13(10)20-4-3-19-12)11-7-17-14(16)18(11)9-1-2-9/h5-6,9,11H,1-4,7H2,(H2,16,17). The van der Waals surface area contributed by atoms with E-state index in [9.17, 15) is 0 Å². The number of hydrogen-bond donors (Lipinski definition) is 1. The largest absolute Gasteiger partial charge is 0.486 e. The number of hydrogen-bond acceptors (Lipinski definition) is 5. The monoisotopic (exact) mass is 337 g/mol. The summed E-state index contributed by atoms with van der Waals surface area (Å²) in [7, 11) is 0. The molecule has 2 N–H and O–H groups in total. The minimum atomic E-state index is 0.217. The van der Waals surface area contributed by atoms with Crippen LogP contribution in [0.25, 0.3) is 0 Å². The fraction of sp³-hybridized carbons (Fsp3) is 0.500. The molecule has 20 heavy (non-hydrogen) atoms. The molecule has 1 aromatic carbocycles. The van der Waals surface area contributed by atoms with Crippen LogP contribution in [-0.2, 0) is 0 Å². The molecule has 0 spiro atoms. The van der Waals surface area contributed by atoms with Crippen LogP contribution < -0.4 is 15.2 Å². The van der Waals surface area contributed by atoms with Gasteiger partial charge in [0, 0.05) is 6.04 Å². The summed E-state index contributed by atoms with van der Waals surface area (Å²) >= 11 is 3.58. The molecule has 1 fully saturated rings. The first kappa shape index (κ1) is 12.3. The zero-order valence-electron chi connectivity index (χ0n) is 11.0. The van der Waals surface area contributed by atoms with E-state index in [4.69, 9.17) is 15.2 Å². The van der Waals surface area contributed by atoms with Gasteiger partial charge in [-0.1, -0.05) is 0 Å². The molecule has 1 saturated carbocycles. The SMILES string of the molecule is NC1=NCC(c2cc(Br)c3c(c2)OCCO3)N1C1CC1. The number of rotatable bonds is 2. The molecule has 2 aliphatic heterocycles. The number of benzene rings is 1. The third-order valence-corrected chi connectivity index (χ3v) is 4.56. The van der Waals surface area contributed by atoms with Gasteiger partial charge in [0.2, 0.25) is 0 Å². The second-order valence-corrected chi connectivity index (χ2v) is 6.23. The van der Waals surface area contributed by atoms with Crippen molar-refractivity contribution >= 4 is 21.9 Å². The molecule has 0 radical (unpaired) electrons. The Labute approximate surface area is 125 Å². The van der Waals surface area contributed by atoms with E-state index in [-0.39, 0.29) is 6.04 Å². The van der Waals surface area contributed by atoms with Crippen molar-refractivity contribution in [1.82, 2.24) is 4.90 Å². The van der Waals surface area contributed by atoms with Gasteiger partial charge in [-0.15, -0.1) is 0 Å². The Kier molecular flexibility index (Phi) is 2.80. The molecule has 1 aromatic rings. The maximum Gasteiger partial charge on any atom is 0.192 e. The Balaban J connectivity index is 1.70. The molecule has 0 saturated heterocycles. The molecule has 0 bridgehead atoms. The quantitative estimate of drug-likeness (QED) is 0.897. The lowest BCUT2D eigenvalue weighted by atomic mass is 10.1. The molecule has 106 valence electrons.